The number of amides is 1. The summed E-state index contributed by atoms with van der Waals surface area (Å²) in [5, 5.41) is 3.62. The van der Waals surface area contributed by atoms with Gasteiger partial charge in [-0.15, -0.1) is 11.3 Å². The highest BCUT2D eigenvalue weighted by Gasteiger charge is 2.36. The second-order valence-electron chi connectivity index (χ2n) is 5.59. The summed E-state index contributed by atoms with van der Waals surface area (Å²) in [5.41, 5.74) is 0. The van der Waals surface area contributed by atoms with Gasteiger partial charge < -0.3 is 10.2 Å². The fourth-order valence-corrected chi connectivity index (χ4v) is 4.08. The first-order valence-corrected chi connectivity index (χ1v) is 7.55. The van der Waals surface area contributed by atoms with Crippen LogP contribution in [0.15, 0.2) is 12.1 Å². The van der Waals surface area contributed by atoms with E-state index < -0.39 is 0 Å². The molecule has 2 bridgehead atoms. The first-order chi connectivity index (χ1) is 8.63. The van der Waals surface area contributed by atoms with Gasteiger partial charge in [-0.2, -0.15) is 0 Å². The number of nitrogens with zero attached hydrogens (tertiary/aromatic N) is 1. The van der Waals surface area contributed by atoms with E-state index in [0.717, 1.165) is 17.7 Å². The minimum atomic E-state index is 0.194. The number of fused-ring (bicyclic) bond motifs is 2. The summed E-state index contributed by atoms with van der Waals surface area (Å²) < 4.78 is 0. The molecule has 3 nitrogen and oxygen atoms in total. The summed E-state index contributed by atoms with van der Waals surface area (Å²) in [6.07, 6.45) is 4.79. The van der Waals surface area contributed by atoms with E-state index in [4.69, 9.17) is 0 Å². The van der Waals surface area contributed by atoms with Gasteiger partial charge in [-0.1, -0.05) is 0 Å². The lowest BCUT2D eigenvalue weighted by atomic mass is 9.98. The second kappa shape index (κ2) is 4.67. The zero-order chi connectivity index (χ0) is 12.7. The molecule has 2 aliphatic rings. The van der Waals surface area contributed by atoms with Crippen molar-refractivity contribution in [1.29, 1.82) is 0 Å². The van der Waals surface area contributed by atoms with Crippen LogP contribution < -0.4 is 5.32 Å². The van der Waals surface area contributed by atoms with Gasteiger partial charge in [-0.3, -0.25) is 4.79 Å². The van der Waals surface area contributed by atoms with Crippen LogP contribution in [0.2, 0.25) is 0 Å². The molecule has 98 valence electrons. The molecule has 1 N–H and O–H groups in total. The van der Waals surface area contributed by atoms with E-state index in [1.165, 1.54) is 17.7 Å². The van der Waals surface area contributed by atoms with Crippen LogP contribution in [-0.4, -0.2) is 36.0 Å². The minimum absolute atomic E-state index is 0.194. The highest BCUT2D eigenvalue weighted by atomic mass is 32.1. The van der Waals surface area contributed by atoms with Crippen LogP contribution >= 0.6 is 11.3 Å². The lowest BCUT2D eigenvalue weighted by Crippen LogP contribution is -2.48. The Morgan fingerprint density at radius 2 is 2.00 bits per heavy atom. The molecule has 3 rings (SSSR count). The van der Waals surface area contributed by atoms with E-state index in [2.05, 4.69) is 5.32 Å². The van der Waals surface area contributed by atoms with Gasteiger partial charge in [0.05, 0.1) is 4.88 Å². The maximum absolute atomic E-state index is 12.4. The van der Waals surface area contributed by atoms with Crippen molar-refractivity contribution in [3.05, 3.63) is 21.9 Å². The van der Waals surface area contributed by atoms with Crippen molar-refractivity contribution >= 4 is 17.2 Å². The molecule has 18 heavy (non-hydrogen) atoms. The average Bonchev–Trinajstić information content (AvgIpc) is 2.94. The molecule has 0 aromatic carbocycles. The number of carbonyl (C=O) groups excluding carboxylic acids is 1. The van der Waals surface area contributed by atoms with Gasteiger partial charge >= 0.3 is 0 Å². The van der Waals surface area contributed by atoms with Crippen LogP contribution in [0.1, 0.15) is 40.2 Å². The van der Waals surface area contributed by atoms with Gasteiger partial charge in [0.25, 0.3) is 5.91 Å². The van der Waals surface area contributed by atoms with Crippen LogP contribution in [0, 0.1) is 6.92 Å². The largest absolute Gasteiger partial charge is 0.338 e. The number of aryl methyl sites for hydroxylation is 1. The Balaban J connectivity index is 1.70. The smallest absolute Gasteiger partial charge is 0.263 e. The highest BCUT2D eigenvalue weighted by Crippen LogP contribution is 2.30. The van der Waals surface area contributed by atoms with E-state index in [1.807, 2.05) is 31.0 Å². The summed E-state index contributed by atoms with van der Waals surface area (Å²) in [6.45, 7) is 2.05. The predicted molar refractivity (Wildman–Crippen MR) is 74.1 cm³/mol. The Kier molecular flexibility index (Phi) is 3.16. The lowest BCUT2D eigenvalue weighted by molar-refractivity contribution is 0.0686. The standard InChI is InChI=1S/C14H20N2OS/c1-9-3-6-13(18-9)14(17)16(2)12-7-10-4-5-11(8-12)15-10/h3,6,10-12,15H,4-5,7-8H2,1-2H3. The molecule has 1 amide bonds. The topological polar surface area (TPSA) is 32.3 Å². The Labute approximate surface area is 112 Å². The number of rotatable bonds is 2. The summed E-state index contributed by atoms with van der Waals surface area (Å²) in [5.74, 6) is 0.194. The van der Waals surface area contributed by atoms with E-state index in [-0.39, 0.29) is 5.91 Å². The summed E-state index contributed by atoms with van der Waals surface area (Å²) in [7, 11) is 1.97. The number of piperidine rings is 1. The third-order valence-electron chi connectivity index (χ3n) is 4.27. The molecule has 2 fully saturated rings. The van der Waals surface area contributed by atoms with Gasteiger partial charge in [0.15, 0.2) is 0 Å². The quantitative estimate of drug-likeness (QED) is 0.889. The molecular formula is C14H20N2OS. The summed E-state index contributed by atoms with van der Waals surface area (Å²) >= 11 is 1.60. The Morgan fingerprint density at radius 3 is 2.56 bits per heavy atom. The monoisotopic (exact) mass is 264 g/mol. The molecule has 0 saturated carbocycles. The van der Waals surface area contributed by atoms with Gasteiger partial charge in [-0.05, 0) is 44.7 Å². The first-order valence-electron chi connectivity index (χ1n) is 6.73. The van der Waals surface area contributed by atoms with Crippen molar-refractivity contribution in [3.63, 3.8) is 0 Å². The molecular weight excluding hydrogens is 244 g/mol. The van der Waals surface area contributed by atoms with Crippen molar-refractivity contribution in [2.75, 3.05) is 7.05 Å². The maximum atomic E-state index is 12.4. The van der Waals surface area contributed by atoms with Crippen molar-refractivity contribution in [2.45, 2.75) is 50.7 Å². The predicted octanol–water partition coefficient (Wildman–Crippen LogP) is 2.41. The molecule has 1 aromatic heterocycles. The Hall–Kier alpha value is -0.870. The normalized spacial score (nSPS) is 30.4. The van der Waals surface area contributed by atoms with Crippen molar-refractivity contribution in [1.82, 2.24) is 10.2 Å². The molecule has 2 saturated heterocycles. The third-order valence-corrected chi connectivity index (χ3v) is 5.26. The number of hydrogen-bond donors (Lipinski definition) is 1. The molecule has 3 heterocycles. The summed E-state index contributed by atoms with van der Waals surface area (Å²) in [6, 6.07) is 5.66. The fourth-order valence-electron chi connectivity index (χ4n) is 3.23. The van der Waals surface area contributed by atoms with Gasteiger partial charge in [-0.25, -0.2) is 0 Å². The van der Waals surface area contributed by atoms with Gasteiger partial charge in [0.1, 0.15) is 0 Å². The van der Waals surface area contributed by atoms with Crippen LogP contribution in [-0.2, 0) is 0 Å². The molecule has 2 aliphatic heterocycles. The fraction of sp³-hybridized carbons (Fsp3) is 0.643. The van der Waals surface area contributed by atoms with E-state index >= 15 is 0 Å². The molecule has 0 radical (unpaired) electrons. The molecule has 0 spiro atoms. The first kappa shape index (κ1) is 12.2. The summed E-state index contributed by atoms with van der Waals surface area (Å²) in [4.78, 5) is 16.5. The van der Waals surface area contributed by atoms with Crippen molar-refractivity contribution < 1.29 is 4.79 Å². The molecule has 4 heteroatoms. The van der Waals surface area contributed by atoms with Gasteiger partial charge in [0.2, 0.25) is 0 Å². The number of hydrogen-bond acceptors (Lipinski definition) is 3. The third kappa shape index (κ3) is 2.19. The van der Waals surface area contributed by atoms with E-state index in [9.17, 15) is 4.79 Å². The highest BCUT2D eigenvalue weighted by molar-refractivity contribution is 7.13. The molecule has 2 unspecified atom stereocenters. The SMILES string of the molecule is Cc1ccc(C(=O)N(C)C2CC3CCC(C2)N3)s1. The zero-order valence-corrected chi connectivity index (χ0v) is 11.8. The van der Waals surface area contributed by atoms with Crippen molar-refractivity contribution in [2.24, 2.45) is 0 Å². The van der Waals surface area contributed by atoms with E-state index in [1.54, 1.807) is 11.3 Å². The van der Waals surface area contributed by atoms with Crippen molar-refractivity contribution in [3.8, 4) is 0 Å². The van der Waals surface area contributed by atoms with Crippen LogP contribution in [0.3, 0.4) is 0 Å². The lowest BCUT2D eigenvalue weighted by Gasteiger charge is -2.35. The number of thiophene rings is 1. The van der Waals surface area contributed by atoms with E-state index in [0.29, 0.717) is 18.1 Å². The molecule has 0 aliphatic carbocycles. The maximum Gasteiger partial charge on any atom is 0.263 e. The zero-order valence-electron chi connectivity index (χ0n) is 11.0. The van der Waals surface area contributed by atoms with Gasteiger partial charge in [0, 0.05) is 30.1 Å². The molecule has 2 atom stereocenters. The minimum Gasteiger partial charge on any atom is -0.338 e. The average molecular weight is 264 g/mol. The second-order valence-corrected chi connectivity index (χ2v) is 6.88. The number of nitrogens with one attached hydrogen (secondary N) is 1. The Bertz CT molecular complexity index is 444. The van der Waals surface area contributed by atoms with Crippen LogP contribution in [0.5, 0.6) is 0 Å². The number of carbonyl (C=O) groups is 1. The molecule has 1 aromatic rings. The Morgan fingerprint density at radius 1 is 1.33 bits per heavy atom. The van der Waals surface area contributed by atoms with Crippen LogP contribution in [0.25, 0.3) is 0 Å². The van der Waals surface area contributed by atoms with Crippen LogP contribution in [0.4, 0.5) is 0 Å².